The van der Waals surface area contributed by atoms with Gasteiger partial charge in [0.15, 0.2) is 0 Å². The molecule has 0 atom stereocenters. The van der Waals surface area contributed by atoms with Crippen molar-refractivity contribution < 1.29 is 14.3 Å². The summed E-state index contributed by atoms with van der Waals surface area (Å²) in [6.45, 7) is 7.01. The highest BCUT2D eigenvalue weighted by molar-refractivity contribution is 5.89. The van der Waals surface area contributed by atoms with Crippen LogP contribution in [0.1, 0.15) is 33.6 Å². The molecular formula is C11H18O3. The first-order chi connectivity index (χ1) is 6.66. The monoisotopic (exact) mass is 198 g/mol. The van der Waals surface area contributed by atoms with Crippen molar-refractivity contribution >= 4 is 5.97 Å². The SMILES string of the molecule is CCOC(=O)C1=C(C(C)C)OCCC1. The van der Waals surface area contributed by atoms with Gasteiger partial charge >= 0.3 is 5.97 Å². The lowest BCUT2D eigenvalue weighted by Crippen LogP contribution is -2.18. The molecule has 0 N–H and O–H groups in total. The molecule has 0 aliphatic carbocycles. The van der Waals surface area contributed by atoms with Crippen molar-refractivity contribution in [3.63, 3.8) is 0 Å². The summed E-state index contributed by atoms with van der Waals surface area (Å²) in [5.74, 6) is 0.861. The van der Waals surface area contributed by atoms with Crippen molar-refractivity contribution in [3.05, 3.63) is 11.3 Å². The van der Waals surface area contributed by atoms with E-state index in [0.717, 1.165) is 30.8 Å². The van der Waals surface area contributed by atoms with Crippen LogP contribution in [0.4, 0.5) is 0 Å². The summed E-state index contributed by atoms with van der Waals surface area (Å²) in [5, 5.41) is 0. The van der Waals surface area contributed by atoms with Gasteiger partial charge in [-0.3, -0.25) is 0 Å². The quantitative estimate of drug-likeness (QED) is 0.652. The van der Waals surface area contributed by atoms with Gasteiger partial charge in [0, 0.05) is 5.92 Å². The minimum absolute atomic E-state index is 0.212. The third-order valence-electron chi connectivity index (χ3n) is 2.17. The molecule has 3 nitrogen and oxygen atoms in total. The van der Waals surface area contributed by atoms with E-state index in [1.807, 2.05) is 20.8 Å². The van der Waals surface area contributed by atoms with E-state index in [0.29, 0.717) is 6.61 Å². The average molecular weight is 198 g/mol. The molecular weight excluding hydrogens is 180 g/mol. The molecule has 1 aliphatic heterocycles. The molecule has 0 spiro atoms. The van der Waals surface area contributed by atoms with Crippen LogP contribution in [-0.4, -0.2) is 19.2 Å². The molecule has 0 saturated heterocycles. The van der Waals surface area contributed by atoms with Gasteiger partial charge in [-0.05, 0) is 19.8 Å². The van der Waals surface area contributed by atoms with E-state index in [-0.39, 0.29) is 11.9 Å². The summed E-state index contributed by atoms with van der Waals surface area (Å²) in [5.41, 5.74) is 0.730. The molecule has 0 aromatic rings. The predicted octanol–water partition coefficient (Wildman–Crippen LogP) is 2.27. The maximum atomic E-state index is 11.6. The van der Waals surface area contributed by atoms with Gasteiger partial charge in [-0.1, -0.05) is 13.8 Å². The minimum Gasteiger partial charge on any atom is -0.497 e. The Morgan fingerprint density at radius 2 is 2.29 bits per heavy atom. The average Bonchev–Trinajstić information content (AvgIpc) is 2.18. The summed E-state index contributed by atoms with van der Waals surface area (Å²) >= 11 is 0. The number of allylic oxidation sites excluding steroid dienone is 1. The van der Waals surface area contributed by atoms with E-state index >= 15 is 0 Å². The molecule has 1 aliphatic rings. The molecule has 1 heterocycles. The molecule has 1 rings (SSSR count). The first kappa shape index (κ1) is 11.1. The van der Waals surface area contributed by atoms with Crippen LogP contribution in [0.25, 0.3) is 0 Å². The summed E-state index contributed by atoms with van der Waals surface area (Å²) in [7, 11) is 0. The Morgan fingerprint density at radius 1 is 1.57 bits per heavy atom. The summed E-state index contributed by atoms with van der Waals surface area (Å²) in [6.07, 6.45) is 1.69. The first-order valence-electron chi connectivity index (χ1n) is 5.19. The minimum atomic E-state index is -0.212. The third-order valence-corrected chi connectivity index (χ3v) is 2.17. The van der Waals surface area contributed by atoms with E-state index in [2.05, 4.69) is 0 Å². The van der Waals surface area contributed by atoms with E-state index in [9.17, 15) is 4.79 Å². The fourth-order valence-corrected chi connectivity index (χ4v) is 1.58. The largest absolute Gasteiger partial charge is 0.497 e. The topological polar surface area (TPSA) is 35.5 Å². The Bertz CT molecular complexity index is 241. The second kappa shape index (κ2) is 5.03. The molecule has 0 amide bonds. The predicted molar refractivity (Wildman–Crippen MR) is 53.7 cm³/mol. The van der Waals surface area contributed by atoms with Crippen LogP contribution in [0, 0.1) is 5.92 Å². The molecule has 0 aromatic carbocycles. The van der Waals surface area contributed by atoms with E-state index < -0.39 is 0 Å². The van der Waals surface area contributed by atoms with Crippen LogP contribution in [0.15, 0.2) is 11.3 Å². The number of hydrogen-bond donors (Lipinski definition) is 0. The Hall–Kier alpha value is -0.990. The molecule has 80 valence electrons. The van der Waals surface area contributed by atoms with Crippen LogP contribution < -0.4 is 0 Å². The van der Waals surface area contributed by atoms with Gasteiger partial charge in [0.2, 0.25) is 0 Å². The summed E-state index contributed by atoms with van der Waals surface area (Å²) in [6, 6.07) is 0. The summed E-state index contributed by atoms with van der Waals surface area (Å²) < 4.78 is 10.5. The Kier molecular flexibility index (Phi) is 3.98. The number of carbonyl (C=O) groups is 1. The van der Waals surface area contributed by atoms with Gasteiger partial charge in [0.1, 0.15) is 5.76 Å². The number of hydrogen-bond acceptors (Lipinski definition) is 3. The maximum Gasteiger partial charge on any atom is 0.337 e. The van der Waals surface area contributed by atoms with Gasteiger partial charge < -0.3 is 9.47 Å². The molecule has 0 unspecified atom stereocenters. The molecule has 0 fully saturated rings. The van der Waals surface area contributed by atoms with Crippen LogP contribution >= 0.6 is 0 Å². The number of rotatable bonds is 3. The molecule has 0 radical (unpaired) electrons. The van der Waals surface area contributed by atoms with Gasteiger partial charge in [-0.15, -0.1) is 0 Å². The van der Waals surface area contributed by atoms with Gasteiger partial charge in [0.05, 0.1) is 18.8 Å². The maximum absolute atomic E-state index is 11.6. The number of esters is 1. The van der Waals surface area contributed by atoms with Gasteiger partial charge in [-0.2, -0.15) is 0 Å². The lowest BCUT2D eigenvalue weighted by Gasteiger charge is -2.22. The molecule has 3 heteroatoms. The normalized spacial score (nSPS) is 16.9. The van der Waals surface area contributed by atoms with Crippen molar-refractivity contribution in [2.24, 2.45) is 5.92 Å². The van der Waals surface area contributed by atoms with Crippen LogP contribution in [0.3, 0.4) is 0 Å². The lowest BCUT2D eigenvalue weighted by atomic mass is 10.0. The lowest BCUT2D eigenvalue weighted by molar-refractivity contribution is -0.139. The standard InChI is InChI=1S/C11H18O3/c1-4-13-11(12)9-6-5-7-14-10(9)8(2)3/h8H,4-7H2,1-3H3. The first-order valence-corrected chi connectivity index (χ1v) is 5.19. The Morgan fingerprint density at radius 3 is 2.86 bits per heavy atom. The van der Waals surface area contributed by atoms with Crippen molar-refractivity contribution in [3.8, 4) is 0 Å². The van der Waals surface area contributed by atoms with Crippen molar-refractivity contribution in [2.45, 2.75) is 33.6 Å². The zero-order chi connectivity index (χ0) is 10.6. The van der Waals surface area contributed by atoms with Crippen molar-refractivity contribution in [1.82, 2.24) is 0 Å². The molecule has 0 aromatic heterocycles. The fourth-order valence-electron chi connectivity index (χ4n) is 1.58. The van der Waals surface area contributed by atoms with Crippen LogP contribution in [0.2, 0.25) is 0 Å². The molecule has 0 bridgehead atoms. The number of ether oxygens (including phenoxy) is 2. The highest BCUT2D eigenvalue weighted by Crippen LogP contribution is 2.25. The smallest absolute Gasteiger partial charge is 0.337 e. The number of carbonyl (C=O) groups excluding carboxylic acids is 1. The molecule has 14 heavy (non-hydrogen) atoms. The van der Waals surface area contributed by atoms with E-state index in [1.165, 1.54) is 0 Å². The van der Waals surface area contributed by atoms with Gasteiger partial charge in [0.25, 0.3) is 0 Å². The second-order valence-corrected chi connectivity index (χ2v) is 3.67. The zero-order valence-electron chi connectivity index (χ0n) is 9.13. The van der Waals surface area contributed by atoms with Crippen molar-refractivity contribution in [1.29, 1.82) is 0 Å². The Balaban J connectivity index is 2.82. The molecule has 0 saturated carbocycles. The van der Waals surface area contributed by atoms with Crippen molar-refractivity contribution in [2.75, 3.05) is 13.2 Å². The zero-order valence-corrected chi connectivity index (χ0v) is 9.13. The van der Waals surface area contributed by atoms with Crippen LogP contribution in [-0.2, 0) is 14.3 Å². The highest BCUT2D eigenvalue weighted by Gasteiger charge is 2.23. The third kappa shape index (κ3) is 2.50. The van der Waals surface area contributed by atoms with E-state index in [1.54, 1.807) is 0 Å². The van der Waals surface area contributed by atoms with Gasteiger partial charge in [-0.25, -0.2) is 4.79 Å². The highest BCUT2D eigenvalue weighted by atomic mass is 16.5. The Labute approximate surface area is 85.1 Å². The second-order valence-electron chi connectivity index (χ2n) is 3.67. The summed E-state index contributed by atoms with van der Waals surface area (Å²) in [4.78, 5) is 11.6. The van der Waals surface area contributed by atoms with Crippen LogP contribution in [0.5, 0.6) is 0 Å². The fraction of sp³-hybridized carbons (Fsp3) is 0.727. The van der Waals surface area contributed by atoms with E-state index in [4.69, 9.17) is 9.47 Å².